The van der Waals surface area contributed by atoms with Crippen LogP contribution in [-0.2, 0) is 19.6 Å². The number of para-hydroxylation sites is 1. The Morgan fingerprint density at radius 1 is 1.19 bits per heavy atom. The van der Waals surface area contributed by atoms with Crippen molar-refractivity contribution in [3.63, 3.8) is 0 Å². The number of carbonyl (C=O) groups excluding carboxylic acids is 1. The molecule has 1 rings (SSSR count). The van der Waals surface area contributed by atoms with Crippen molar-refractivity contribution in [2.24, 2.45) is 0 Å². The van der Waals surface area contributed by atoms with Crippen molar-refractivity contribution >= 4 is 21.7 Å². The van der Waals surface area contributed by atoms with Crippen LogP contribution in [0.3, 0.4) is 0 Å². The summed E-state index contributed by atoms with van der Waals surface area (Å²) in [4.78, 5) is 11.2. The van der Waals surface area contributed by atoms with Crippen molar-refractivity contribution in [1.82, 2.24) is 4.72 Å². The highest BCUT2D eigenvalue weighted by Crippen LogP contribution is 2.20. The number of anilines is 1. The maximum absolute atomic E-state index is 11.9. The van der Waals surface area contributed by atoms with Crippen LogP contribution in [-0.4, -0.2) is 35.1 Å². The van der Waals surface area contributed by atoms with Crippen molar-refractivity contribution in [3.8, 4) is 0 Å². The van der Waals surface area contributed by atoms with Gasteiger partial charge in [0.1, 0.15) is 4.90 Å². The summed E-state index contributed by atoms with van der Waals surface area (Å²) in [6.07, 6.45) is 2.92. The molecule has 0 fully saturated rings. The number of ether oxygens (including phenoxy) is 1. The summed E-state index contributed by atoms with van der Waals surface area (Å²) >= 11 is 0. The number of sulfonamides is 1. The standard InChI is InChI=1S/C14H22N2O4S/c1-15-21(18,19)13-9-6-5-8-12(13)16-11-7-3-4-10-14(17)20-2/h5-6,8-9,15-16H,3-4,7,10-11H2,1-2H3. The van der Waals surface area contributed by atoms with Crippen molar-refractivity contribution in [3.05, 3.63) is 24.3 Å². The van der Waals surface area contributed by atoms with E-state index in [1.807, 2.05) is 0 Å². The predicted molar refractivity (Wildman–Crippen MR) is 81.7 cm³/mol. The first kappa shape index (κ1) is 17.5. The number of nitrogens with one attached hydrogen (secondary N) is 2. The van der Waals surface area contributed by atoms with Crippen LogP contribution in [0.15, 0.2) is 29.2 Å². The van der Waals surface area contributed by atoms with Crippen LogP contribution >= 0.6 is 0 Å². The summed E-state index contributed by atoms with van der Waals surface area (Å²) in [7, 11) is -0.699. The Labute approximate surface area is 125 Å². The zero-order chi connectivity index (χ0) is 15.7. The SMILES string of the molecule is CNS(=O)(=O)c1ccccc1NCCCCCC(=O)OC. The topological polar surface area (TPSA) is 84.5 Å². The molecule has 7 heteroatoms. The number of hydrogen-bond acceptors (Lipinski definition) is 5. The van der Waals surface area contributed by atoms with Gasteiger partial charge in [-0.15, -0.1) is 0 Å². The van der Waals surface area contributed by atoms with E-state index in [-0.39, 0.29) is 10.9 Å². The molecule has 0 aromatic heterocycles. The Hall–Kier alpha value is -1.60. The fourth-order valence-electron chi connectivity index (χ4n) is 1.85. The first-order chi connectivity index (χ1) is 10.0. The molecule has 1 aromatic carbocycles. The average Bonchev–Trinajstić information content (AvgIpc) is 2.50. The van der Waals surface area contributed by atoms with Gasteiger partial charge >= 0.3 is 5.97 Å². The Kier molecular flexibility index (Phi) is 7.18. The lowest BCUT2D eigenvalue weighted by molar-refractivity contribution is -0.140. The van der Waals surface area contributed by atoms with Crippen LogP contribution in [0.5, 0.6) is 0 Å². The lowest BCUT2D eigenvalue weighted by atomic mass is 10.2. The normalized spacial score (nSPS) is 11.1. The Morgan fingerprint density at radius 3 is 2.57 bits per heavy atom. The van der Waals surface area contributed by atoms with E-state index in [0.717, 1.165) is 19.3 Å². The molecule has 2 N–H and O–H groups in total. The van der Waals surface area contributed by atoms with Crippen molar-refractivity contribution in [2.75, 3.05) is 26.0 Å². The first-order valence-electron chi connectivity index (χ1n) is 6.84. The number of rotatable bonds is 9. The summed E-state index contributed by atoms with van der Waals surface area (Å²) < 4.78 is 30.6. The largest absolute Gasteiger partial charge is 0.469 e. The van der Waals surface area contributed by atoms with E-state index in [2.05, 4.69) is 14.8 Å². The molecule has 0 heterocycles. The van der Waals surface area contributed by atoms with Crippen molar-refractivity contribution in [2.45, 2.75) is 30.6 Å². The van der Waals surface area contributed by atoms with Gasteiger partial charge in [0.15, 0.2) is 0 Å². The zero-order valence-electron chi connectivity index (χ0n) is 12.4. The summed E-state index contributed by atoms with van der Waals surface area (Å²) in [5, 5.41) is 3.12. The molecule has 0 amide bonds. The third kappa shape index (κ3) is 5.73. The van der Waals surface area contributed by atoms with E-state index in [1.165, 1.54) is 14.2 Å². The van der Waals surface area contributed by atoms with E-state index in [4.69, 9.17) is 0 Å². The van der Waals surface area contributed by atoms with E-state index in [0.29, 0.717) is 18.7 Å². The monoisotopic (exact) mass is 314 g/mol. The van der Waals surface area contributed by atoms with Crippen molar-refractivity contribution < 1.29 is 17.9 Å². The fourth-order valence-corrected chi connectivity index (χ4v) is 2.76. The Bertz CT molecular complexity index is 558. The summed E-state index contributed by atoms with van der Waals surface area (Å²) in [5.74, 6) is -0.201. The van der Waals surface area contributed by atoms with Gasteiger partial charge in [0, 0.05) is 13.0 Å². The van der Waals surface area contributed by atoms with Gasteiger partial charge < -0.3 is 10.1 Å². The molecule has 6 nitrogen and oxygen atoms in total. The van der Waals surface area contributed by atoms with Gasteiger partial charge in [-0.25, -0.2) is 13.1 Å². The molecule has 0 radical (unpaired) electrons. The number of methoxy groups -OCH3 is 1. The third-order valence-corrected chi connectivity index (χ3v) is 4.52. The van der Waals surface area contributed by atoms with Crippen LogP contribution in [0.25, 0.3) is 0 Å². The number of hydrogen-bond donors (Lipinski definition) is 2. The van der Waals surface area contributed by atoms with E-state index >= 15 is 0 Å². The van der Waals surface area contributed by atoms with E-state index < -0.39 is 10.0 Å². The molecule has 0 aliphatic heterocycles. The summed E-state index contributed by atoms with van der Waals surface area (Å²) in [5.41, 5.74) is 0.583. The molecule has 0 atom stereocenters. The quantitative estimate of drug-likeness (QED) is 0.536. The summed E-state index contributed by atoms with van der Waals surface area (Å²) in [6.45, 7) is 0.650. The van der Waals surface area contributed by atoms with Crippen LogP contribution in [0.2, 0.25) is 0 Å². The molecular weight excluding hydrogens is 292 g/mol. The molecule has 0 aliphatic carbocycles. The zero-order valence-corrected chi connectivity index (χ0v) is 13.2. The van der Waals surface area contributed by atoms with Gasteiger partial charge in [-0.2, -0.15) is 0 Å². The first-order valence-corrected chi connectivity index (χ1v) is 8.33. The number of benzene rings is 1. The molecular formula is C14H22N2O4S. The molecule has 0 aliphatic rings. The highest BCUT2D eigenvalue weighted by molar-refractivity contribution is 7.89. The lowest BCUT2D eigenvalue weighted by Crippen LogP contribution is -2.20. The minimum Gasteiger partial charge on any atom is -0.469 e. The minimum absolute atomic E-state index is 0.201. The smallest absolute Gasteiger partial charge is 0.305 e. The highest BCUT2D eigenvalue weighted by atomic mass is 32.2. The predicted octanol–water partition coefficient (Wildman–Crippen LogP) is 1.74. The molecule has 21 heavy (non-hydrogen) atoms. The van der Waals surface area contributed by atoms with Crippen molar-refractivity contribution in [1.29, 1.82) is 0 Å². The van der Waals surface area contributed by atoms with Gasteiger partial charge in [0.25, 0.3) is 0 Å². The van der Waals surface area contributed by atoms with Gasteiger partial charge in [0.2, 0.25) is 10.0 Å². The highest BCUT2D eigenvalue weighted by Gasteiger charge is 2.15. The van der Waals surface area contributed by atoms with Gasteiger partial charge in [-0.3, -0.25) is 4.79 Å². The molecule has 1 aromatic rings. The van der Waals surface area contributed by atoms with Gasteiger partial charge in [-0.1, -0.05) is 18.6 Å². The van der Waals surface area contributed by atoms with Crippen LogP contribution < -0.4 is 10.0 Å². The van der Waals surface area contributed by atoms with E-state index in [1.54, 1.807) is 24.3 Å². The fraction of sp³-hybridized carbons (Fsp3) is 0.500. The average molecular weight is 314 g/mol. The van der Waals surface area contributed by atoms with Crippen LogP contribution in [0, 0.1) is 0 Å². The second kappa shape index (κ2) is 8.63. The van der Waals surface area contributed by atoms with Gasteiger partial charge in [0.05, 0.1) is 12.8 Å². The maximum atomic E-state index is 11.9. The van der Waals surface area contributed by atoms with Gasteiger partial charge in [-0.05, 0) is 32.0 Å². The molecule has 118 valence electrons. The van der Waals surface area contributed by atoms with Crippen LogP contribution in [0.1, 0.15) is 25.7 Å². The molecule has 0 unspecified atom stereocenters. The summed E-state index contributed by atoms with van der Waals surface area (Å²) in [6, 6.07) is 6.77. The second-order valence-corrected chi connectivity index (χ2v) is 6.37. The maximum Gasteiger partial charge on any atom is 0.305 e. The minimum atomic E-state index is -3.46. The lowest BCUT2D eigenvalue weighted by Gasteiger charge is -2.11. The van der Waals surface area contributed by atoms with E-state index in [9.17, 15) is 13.2 Å². The number of unbranched alkanes of at least 4 members (excludes halogenated alkanes) is 2. The Balaban J connectivity index is 2.45. The second-order valence-electron chi connectivity index (χ2n) is 4.52. The molecule has 0 spiro atoms. The van der Waals surface area contributed by atoms with Crippen LogP contribution in [0.4, 0.5) is 5.69 Å². The molecule has 0 saturated heterocycles. The third-order valence-electron chi connectivity index (χ3n) is 3.05. The number of esters is 1. The molecule has 0 bridgehead atoms. The molecule has 0 saturated carbocycles. The number of carbonyl (C=O) groups is 1. The Morgan fingerprint density at radius 2 is 1.90 bits per heavy atom.